The summed E-state index contributed by atoms with van der Waals surface area (Å²) < 4.78 is 1.21. The van der Waals surface area contributed by atoms with Crippen LogP contribution in [0, 0.1) is 6.92 Å². The van der Waals surface area contributed by atoms with Crippen molar-refractivity contribution in [3.8, 4) is 0 Å². The summed E-state index contributed by atoms with van der Waals surface area (Å²) in [6.07, 6.45) is 0. The Morgan fingerprint density at radius 3 is 2.80 bits per heavy atom. The van der Waals surface area contributed by atoms with Crippen LogP contribution in [0.15, 0.2) is 42.5 Å². The van der Waals surface area contributed by atoms with Gasteiger partial charge in [0.25, 0.3) is 0 Å². The van der Waals surface area contributed by atoms with E-state index in [2.05, 4.69) is 42.3 Å². The molecule has 0 aliphatic carbocycles. The maximum atomic E-state index is 6.23. The van der Waals surface area contributed by atoms with Crippen molar-refractivity contribution in [3.63, 3.8) is 0 Å². The van der Waals surface area contributed by atoms with Crippen molar-refractivity contribution in [2.75, 3.05) is 5.32 Å². The third kappa shape index (κ3) is 2.65. The summed E-state index contributed by atoms with van der Waals surface area (Å²) in [5.41, 5.74) is 3.38. The lowest BCUT2D eigenvalue weighted by atomic mass is 10.1. The molecule has 4 heteroatoms. The molecule has 2 aromatic carbocycles. The van der Waals surface area contributed by atoms with Crippen LogP contribution in [0.5, 0.6) is 0 Å². The third-order valence-corrected chi connectivity index (χ3v) is 4.55. The van der Waals surface area contributed by atoms with E-state index in [1.54, 1.807) is 11.3 Å². The molecule has 0 bridgehead atoms. The zero-order valence-corrected chi connectivity index (χ0v) is 12.9. The largest absolute Gasteiger partial charge is 0.355 e. The predicted molar refractivity (Wildman–Crippen MR) is 87.8 cm³/mol. The molecule has 0 fully saturated rings. The van der Waals surface area contributed by atoms with Crippen LogP contribution < -0.4 is 5.32 Å². The maximum Gasteiger partial charge on any atom is 0.184 e. The minimum atomic E-state index is 0.130. The van der Waals surface area contributed by atoms with Crippen molar-refractivity contribution < 1.29 is 0 Å². The molecule has 3 rings (SSSR count). The smallest absolute Gasteiger partial charge is 0.184 e. The van der Waals surface area contributed by atoms with Crippen LogP contribution in [0.3, 0.4) is 0 Å². The molecule has 2 nitrogen and oxygen atoms in total. The number of thiazole rings is 1. The first-order valence-corrected chi connectivity index (χ1v) is 7.71. The normalized spacial score (nSPS) is 12.6. The molecule has 0 spiro atoms. The van der Waals surface area contributed by atoms with Crippen molar-refractivity contribution in [3.05, 3.63) is 58.6 Å². The molecular formula is C16H15ClN2S. The van der Waals surface area contributed by atoms with Crippen LogP contribution in [0.1, 0.15) is 24.1 Å². The molecule has 102 valence electrons. The number of nitrogens with one attached hydrogen (secondary N) is 1. The van der Waals surface area contributed by atoms with Crippen molar-refractivity contribution in [1.82, 2.24) is 4.98 Å². The SMILES string of the molecule is Cc1ccc2nc(NC(C)c3ccccc3Cl)sc2c1. The summed E-state index contributed by atoms with van der Waals surface area (Å²) in [4.78, 5) is 4.61. The maximum absolute atomic E-state index is 6.23. The summed E-state index contributed by atoms with van der Waals surface area (Å²) >= 11 is 7.90. The number of benzene rings is 2. The van der Waals surface area contributed by atoms with Gasteiger partial charge in [-0.3, -0.25) is 0 Å². The number of nitrogens with zero attached hydrogens (tertiary/aromatic N) is 1. The summed E-state index contributed by atoms with van der Waals surface area (Å²) in [7, 11) is 0. The van der Waals surface area contributed by atoms with E-state index < -0.39 is 0 Å². The van der Waals surface area contributed by atoms with Crippen LogP contribution in [-0.4, -0.2) is 4.98 Å². The molecular weight excluding hydrogens is 288 g/mol. The topological polar surface area (TPSA) is 24.9 Å². The van der Waals surface area contributed by atoms with Crippen LogP contribution in [0.25, 0.3) is 10.2 Å². The third-order valence-electron chi connectivity index (χ3n) is 3.26. The number of aryl methyl sites for hydroxylation is 1. The van der Waals surface area contributed by atoms with Gasteiger partial charge in [-0.25, -0.2) is 4.98 Å². The van der Waals surface area contributed by atoms with Gasteiger partial charge in [0.1, 0.15) is 0 Å². The van der Waals surface area contributed by atoms with Gasteiger partial charge in [-0.15, -0.1) is 0 Å². The molecule has 0 radical (unpaired) electrons. The number of aromatic nitrogens is 1. The Morgan fingerprint density at radius 1 is 1.20 bits per heavy atom. The molecule has 0 saturated carbocycles. The quantitative estimate of drug-likeness (QED) is 0.697. The van der Waals surface area contributed by atoms with Crippen LogP contribution in [-0.2, 0) is 0 Å². The average Bonchev–Trinajstić information content (AvgIpc) is 2.80. The number of halogens is 1. The van der Waals surface area contributed by atoms with E-state index in [0.717, 1.165) is 21.2 Å². The highest BCUT2D eigenvalue weighted by Gasteiger charge is 2.11. The Labute approximate surface area is 127 Å². The Bertz CT molecular complexity index is 751. The lowest BCUT2D eigenvalue weighted by Crippen LogP contribution is -2.06. The number of hydrogen-bond donors (Lipinski definition) is 1. The highest BCUT2D eigenvalue weighted by molar-refractivity contribution is 7.22. The number of rotatable bonds is 3. The zero-order chi connectivity index (χ0) is 14.1. The van der Waals surface area contributed by atoms with Gasteiger partial charge in [0.2, 0.25) is 0 Å². The average molecular weight is 303 g/mol. The standard InChI is InChI=1S/C16H15ClN2S/c1-10-7-8-14-15(9-10)20-16(19-14)18-11(2)12-5-3-4-6-13(12)17/h3-9,11H,1-2H3,(H,18,19). The number of hydrogen-bond acceptors (Lipinski definition) is 3. The minimum Gasteiger partial charge on any atom is -0.355 e. The van der Waals surface area contributed by atoms with E-state index in [0.29, 0.717) is 0 Å². The first-order chi connectivity index (χ1) is 9.63. The minimum absolute atomic E-state index is 0.130. The van der Waals surface area contributed by atoms with Crippen LogP contribution in [0.2, 0.25) is 5.02 Å². The van der Waals surface area contributed by atoms with Crippen molar-refractivity contribution in [1.29, 1.82) is 0 Å². The van der Waals surface area contributed by atoms with E-state index in [1.807, 2.05) is 24.3 Å². The molecule has 0 aliphatic heterocycles. The Kier molecular flexibility index (Phi) is 3.64. The van der Waals surface area contributed by atoms with Gasteiger partial charge in [0.15, 0.2) is 5.13 Å². The fraction of sp³-hybridized carbons (Fsp3) is 0.188. The second kappa shape index (κ2) is 5.43. The fourth-order valence-corrected chi connectivity index (χ4v) is 3.53. The molecule has 1 atom stereocenters. The lowest BCUT2D eigenvalue weighted by molar-refractivity contribution is 0.883. The van der Waals surface area contributed by atoms with E-state index in [-0.39, 0.29) is 6.04 Å². The molecule has 20 heavy (non-hydrogen) atoms. The molecule has 3 aromatic rings. The monoisotopic (exact) mass is 302 g/mol. The van der Waals surface area contributed by atoms with Crippen molar-refractivity contribution >= 4 is 38.3 Å². The number of anilines is 1. The summed E-state index contributed by atoms with van der Waals surface area (Å²) in [5, 5.41) is 5.14. The summed E-state index contributed by atoms with van der Waals surface area (Å²) in [5.74, 6) is 0. The van der Waals surface area contributed by atoms with E-state index in [9.17, 15) is 0 Å². The Hall–Kier alpha value is -1.58. The summed E-state index contributed by atoms with van der Waals surface area (Å²) in [6.45, 7) is 4.19. The predicted octanol–water partition coefficient (Wildman–Crippen LogP) is 5.43. The highest BCUT2D eigenvalue weighted by atomic mass is 35.5. The fourth-order valence-electron chi connectivity index (χ4n) is 2.18. The van der Waals surface area contributed by atoms with E-state index >= 15 is 0 Å². The zero-order valence-electron chi connectivity index (χ0n) is 11.4. The second-order valence-corrected chi connectivity index (χ2v) is 6.32. The van der Waals surface area contributed by atoms with Gasteiger partial charge in [0, 0.05) is 5.02 Å². The van der Waals surface area contributed by atoms with Crippen LogP contribution in [0.4, 0.5) is 5.13 Å². The van der Waals surface area contributed by atoms with E-state index in [4.69, 9.17) is 11.6 Å². The highest BCUT2D eigenvalue weighted by Crippen LogP contribution is 2.31. The van der Waals surface area contributed by atoms with Crippen molar-refractivity contribution in [2.24, 2.45) is 0 Å². The van der Waals surface area contributed by atoms with E-state index in [1.165, 1.54) is 10.3 Å². The van der Waals surface area contributed by atoms with Gasteiger partial charge in [-0.05, 0) is 43.2 Å². The molecule has 0 aliphatic rings. The lowest BCUT2D eigenvalue weighted by Gasteiger charge is -2.14. The molecule has 0 saturated heterocycles. The molecule has 0 amide bonds. The molecule has 1 N–H and O–H groups in total. The first kappa shape index (κ1) is 13.4. The first-order valence-electron chi connectivity index (χ1n) is 6.51. The van der Waals surface area contributed by atoms with Gasteiger partial charge >= 0.3 is 0 Å². The number of fused-ring (bicyclic) bond motifs is 1. The van der Waals surface area contributed by atoms with Gasteiger partial charge < -0.3 is 5.32 Å². The second-order valence-electron chi connectivity index (χ2n) is 4.88. The molecule has 1 heterocycles. The van der Waals surface area contributed by atoms with Gasteiger partial charge in [-0.2, -0.15) is 0 Å². The van der Waals surface area contributed by atoms with Gasteiger partial charge in [-0.1, -0.05) is 47.2 Å². The molecule has 1 aromatic heterocycles. The Balaban J connectivity index is 1.87. The summed E-state index contributed by atoms with van der Waals surface area (Å²) in [6, 6.07) is 14.3. The Morgan fingerprint density at radius 2 is 2.00 bits per heavy atom. The van der Waals surface area contributed by atoms with Crippen LogP contribution >= 0.6 is 22.9 Å². The van der Waals surface area contributed by atoms with Gasteiger partial charge in [0.05, 0.1) is 16.3 Å². The molecule has 1 unspecified atom stereocenters. The van der Waals surface area contributed by atoms with Crippen molar-refractivity contribution in [2.45, 2.75) is 19.9 Å².